The SMILES string of the molecule is CC(C1CC1)N(C)C(=O)NCCc1cccc(Cl)c1. The van der Waals surface area contributed by atoms with Gasteiger partial charge in [-0.2, -0.15) is 0 Å². The molecule has 1 N–H and O–H groups in total. The molecule has 0 spiro atoms. The normalized spacial score (nSPS) is 15.9. The van der Waals surface area contributed by atoms with Crippen LogP contribution in [0.1, 0.15) is 25.3 Å². The van der Waals surface area contributed by atoms with E-state index in [1.165, 1.54) is 12.8 Å². The molecular formula is C15H21ClN2O. The fraction of sp³-hybridized carbons (Fsp3) is 0.533. The topological polar surface area (TPSA) is 32.3 Å². The van der Waals surface area contributed by atoms with Gasteiger partial charge in [-0.05, 0) is 49.8 Å². The maximum Gasteiger partial charge on any atom is 0.317 e. The summed E-state index contributed by atoms with van der Waals surface area (Å²) < 4.78 is 0. The summed E-state index contributed by atoms with van der Waals surface area (Å²) in [6.07, 6.45) is 3.31. The first-order valence-corrected chi connectivity index (χ1v) is 7.21. The molecule has 2 amide bonds. The van der Waals surface area contributed by atoms with Gasteiger partial charge in [-0.25, -0.2) is 4.79 Å². The highest BCUT2D eigenvalue weighted by Crippen LogP contribution is 2.34. The van der Waals surface area contributed by atoms with Crippen molar-refractivity contribution in [3.8, 4) is 0 Å². The Hall–Kier alpha value is -1.22. The van der Waals surface area contributed by atoms with Crippen LogP contribution in [0.4, 0.5) is 4.79 Å². The molecular weight excluding hydrogens is 260 g/mol. The number of benzene rings is 1. The van der Waals surface area contributed by atoms with Gasteiger partial charge in [0.25, 0.3) is 0 Å². The third kappa shape index (κ3) is 4.13. The minimum absolute atomic E-state index is 0.0152. The number of carbonyl (C=O) groups excluding carboxylic acids is 1. The van der Waals surface area contributed by atoms with Gasteiger partial charge in [0.2, 0.25) is 0 Å². The van der Waals surface area contributed by atoms with Crippen molar-refractivity contribution >= 4 is 17.6 Å². The number of amides is 2. The Morgan fingerprint density at radius 3 is 2.89 bits per heavy atom. The summed E-state index contributed by atoms with van der Waals surface area (Å²) in [5, 5.41) is 3.70. The van der Waals surface area contributed by atoms with Gasteiger partial charge in [0.05, 0.1) is 0 Å². The van der Waals surface area contributed by atoms with E-state index in [2.05, 4.69) is 12.2 Å². The zero-order chi connectivity index (χ0) is 13.8. The number of nitrogens with zero attached hydrogens (tertiary/aromatic N) is 1. The minimum Gasteiger partial charge on any atom is -0.338 e. The molecule has 0 radical (unpaired) electrons. The van der Waals surface area contributed by atoms with E-state index in [1.807, 2.05) is 36.2 Å². The van der Waals surface area contributed by atoms with E-state index in [1.54, 1.807) is 0 Å². The standard InChI is InChI=1S/C15H21ClN2O/c1-11(13-6-7-13)18(2)15(19)17-9-8-12-4-3-5-14(16)10-12/h3-5,10-11,13H,6-9H2,1-2H3,(H,17,19). The van der Waals surface area contributed by atoms with Crippen LogP contribution in [0.5, 0.6) is 0 Å². The molecule has 1 fully saturated rings. The molecule has 3 nitrogen and oxygen atoms in total. The molecule has 1 atom stereocenters. The van der Waals surface area contributed by atoms with E-state index in [-0.39, 0.29) is 6.03 Å². The number of urea groups is 1. The first kappa shape index (κ1) is 14.2. The molecule has 1 aliphatic carbocycles. The van der Waals surface area contributed by atoms with Gasteiger partial charge in [-0.3, -0.25) is 0 Å². The van der Waals surface area contributed by atoms with Crippen molar-refractivity contribution in [3.05, 3.63) is 34.9 Å². The monoisotopic (exact) mass is 280 g/mol. The van der Waals surface area contributed by atoms with Gasteiger partial charge in [0, 0.05) is 24.7 Å². The van der Waals surface area contributed by atoms with Gasteiger partial charge in [0.1, 0.15) is 0 Å². The van der Waals surface area contributed by atoms with Crippen LogP contribution in [0.15, 0.2) is 24.3 Å². The summed E-state index contributed by atoms with van der Waals surface area (Å²) in [5.74, 6) is 0.698. The molecule has 0 aromatic heterocycles. The van der Waals surface area contributed by atoms with E-state index in [0.717, 1.165) is 17.0 Å². The number of hydrogen-bond donors (Lipinski definition) is 1. The molecule has 104 valence electrons. The Morgan fingerprint density at radius 2 is 2.26 bits per heavy atom. The van der Waals surface area contributed by atoms with E-state index in [0.29, 0.717) is 18.5 Å². The molecule has 2 rings (SSSR count). The van der Waals surface area contributed by atoms with Gasteiger partial charge in [-0.15, -0.1) is 0 Å². The summed E-state index contributed by atoms with van der Waals surface area (Å²) in [5.41, 5.74) is 1.14. The number of rotatable bonds is 5. The Labute approximate surface area is 119 Å². The van der Waals surface area contributed by atoms with Crippen LogP contribution >= 0.6 is 11.6 Å². The maximum absolute atomic E-state index is 12.0. The number of nitrogens with one attached hydrogen (secondary N) is 1. The van der Waals surface area contributed by atoms with E-state index in [4.69, 9.17) is 11.6 Å². The first-order valence-electron chi connectivity index (χ1n) is 6.83. The van der Waals surface area contributed by atoms with E-state index in [9.17, 15) is 4.79 Å². The Bertz CT molecular complexity index is 446. The second kappa shape index (κ2) is 6.29. The highest BCUT2D eigenvalue weighted by molar-refractivity contribution is 6.30. The second-order valence-corrected chi connectivity index (χ2v) is 5.74. The van der Waals surface area contributed by atoms with Crippen molar-refractivity contribution < 1.29 is 4.79 Å². The highest BCUT2D eigenvalue weighted by atomic mass is 35.5. The molecule has 19 heavy (non-hydrogen) atoms. The molecule has 4 heteroatoms. The van der Waals surface area contributed by atoms with Crippen LogP contribution in [-0.4, -0.2) is 30.6 Å². The average Bonchev–Trinajstić information content (AvgIpc) is 3.21. The Kier molecular flexibility index (Phi) is 4.70. The maximum atomic E-state index is 12.0. The number of hydrogen-bond acceptors (Lipinski definition) is 1. The van der Waals surface area contributed by atoms with E-state index < -0.39 is 0 Å². The summed E-state index contributed by atoms with van der Waals surface area (Å²) in [7, 11) is 1.87. The number of halogens is 1. The quantitative estimate of drug-likeness (QED) is 0.882. The molecule has 1 saturated carbocycles. The Morgan fingerprint density at radius 1 is 1.53 bits per heavy atom. The molecule has 0 heterocycles. The van der Waals surface area contributed by atoms with Crippen molar-refractivity contribution in [2.24, 2.45) is 5.92 Å². The average molecular weight is 281 g/mol. The summed E-state index contributed by atoms with van der Waals surface area (Å²) in [6, 6.07) is 8.10. The molecule has 1 aliphatic rings. The zero-order valence-electron chi connectivity index (χ0n) is 11.5. The lowest BCUT2D eigenvalue weighted by molar-refractivity contribution is 0.188. The Balaban J connectivity index is 1.74. The zero-order valence-corrected chi connectivity index (χ0v) is 12.3. The van der Waals surface area contributed by atoms with Crippen LogP contribution in [0.2, 0.25) is 5.02 Å². The molecule has 0 bridgehead atoms. The van der Waals surface area contributed by atoms with Crippen molar-refractivity contribution in [3.63, 3.8) is 0 Å². The minimum atomic E-state index is 0.0152. The van der Waals surface area contributed by atoms with Crippen LogP contribution in [0.25, 0.3) is 0 Å². The largest absolute Gasteiger partial charge is 0.338 e. The van der Waals surface area contributed by atoms with Crippen LogP contribution in [-0.2, 0) is 6.42 Å². The lowest BCUT2D eigenvalue weighted by Gasteiger charge is -2.25. The predicted molar refractivity (Wildman–Crippen MR) is 78.5 cm³/mol. The molecule has 1 unspecified atom stereocenters. The molecule has 0 aliphatic heterocycles. The summed E-state index contributed by atoms with van der Waals surface area (Å²) >= 11 is 5.92. The van der Waals surface area contributed by atoms with Gasteiger partial charge < -0.3 is 10.2 Å². The molecule has 1 aromatic carbocycles. The fourth-order valence-corrected chi connectivity index (χ4v) is 2.42. The van der Waals surface area contributed by atoms with Crippen molar-refractivity contribution in [1.29, 1.82) is 0 Å². The van der Waals surface area contributed by atoms with Crippen LogP contribution < -0.4 is 5.32 Å². The summed E-state index contributed by atoms with van der Waals surface area (Å²) in [6.45, 7) is 2.76. The fourth-order valence-electron chi connectivity index (χ4n) is 2.21. The summed E-state index contributed by atoms with van der Waals surface area (Å²) in [4.78, 5) is 13.8. The van der Waals surface area contributed by atoms with Gasteiger partial charge in [-0.1, -0.05) is 23.7 Å². The van der Waals surface area contributed by atoms with Crippen molar-refractivity contribution in [1.82, 2.24) is 10.2 Å². The smallest absolute Gasteiger partial charge is 0.317 e. The van der Waals surface area contributed by atoms with Crippen LogP contribution in [0.3, 0.4) is 0 Å². The lowest BCUT2D eigenvalue weighted by Crippen LogP contribution is -2.43. The first-order chi connectivity index (χ1) is 9.08. The van der Waals surface area contributed by atoms with Crippen molar-refractivity contribution in [2.45, 2.75) is 32.2 Å². The second-order valence-electron chi connectivity index (χ2n) is 5.30. The lowest BCUT2D eigenvalue weighted by atomic mass is 10.1. The third-order valence-corrected chi connectivity index (χ3v) is 4.05. The van der Waals surface area contributed by atoms with E-state index >= 15 is 0 Å². The third-order valence-electron chi connectivity index (χ3n) is 3.81. The van der Waals surface area contributed by atoms with Gasteiger partial charge >= 0.3 is 6.03 Å². The van der Waals surface area contributed by atoms with Gasteiger partial charge in [0.15, 0.2) is 0 Å². The molecule has 1 aromatic rings. The highest BCUT2D eigenvalue weighted by Gasteiger charge is 2.32. The number of carbonyl (C=O) groups is 1. The van der Waals surface area contributed by atoms with Crippen molar-refractivity contribution in [2.75, 3.05) is 13.6 Å². The van der Waals surface area contributed by atoms with Crippen LogP contribution in [0, 0.1) is 5.92 Å². The molecule has 0 saturated heterocycles. The predicted octanol–water partition coefficient (Wildman–Crippen LogP) is 3.32.